The molecule has 1 aliphatic rings. The molecular weight excluding hydrogens is 655 g/mol. The van der Waals surface area contributed by atoms with Gasteiger partial charge in [-0.3, -0.25) is 9.59 Å². The van der Waals surface area contributed by atoms with Crippen molar-refractivity contribution in [3.05, 3.63) is 119 Å². The predicted molar refractivity (Wildman–Crippen MR) is 193 cm³/mol. The summed E-state index contributed by atoms with van der Waals surface area (Å²) in [6, 6.07) is 31.2. The summed E-state index contributed by atoms with van der Waals surface area (Å²) in [5, 5.41) is 17.6. The van der Waals surface area contributed by atoms with E-state index < -0.39 is 18.3 Å². The van der Waals surface area contributed by atoms with Crippen molar-refractivity contribution in [2.45, 2.75) is 57.3 Å². The van der Waals surface area contributed by atoms with Crippen LogP contribution in [0.3, 0.4) is 0 Å². The van der Waals surface area contributed by atoms with Crippen molar-refractivity contribution >= 4 is 35.4 Å². The molecule has 1 saturated heterocycles. The van der Waals surface area contributed by atoms with E-state index >= 15 is 0 Å². The van der Waals surface area contributed by atoms with Gasteiger partial charge in [-0.05, 0) is 65.1 Å². The first-order valence-electron chi connectivity index (χ1n) is 16.6. The van der Waals surface area contributed by atoms with Gasteiger partial charge in [0.05, 0.1) is 25.4 Å². The number of esters is 1. The lowest BCUT2D eigenvalue weighted by Gasteiger charge is -2.41. The second-order valence-corrected chi connectivity index (χ2v) is 13.1. The lowest BCUT2D eigenvalue weighted by Crippen LogP contribution is -2.38. The minimum atomic E-state index is -0.598. The topological polar surface area (TPSA) is 135 Å². The van der Waals surface area contributed by atoms with E-state index in [1.807, 2.05) is 97.1 Å². The number of rotatable bonds is 13. The molecule has 5 rings (SSSR count). The Kier molecular flexibility index (Phi) is 13.0. The SMILES string of the molecule is CCOC(=O)CNC(=O)NCc1cccc(-c2ccc(C3OC(CSc4ccc(NC(C)=O)cc4)C(C)C(c4ccc(CO)cc4)O3)cc2)c1. The lowest BCUT2D eigenvalue weighted by molar-refractivity contribution is -0.268. The van der Waals surface area contributed by atoms with E-state index in [0.29, 0.717) is 12.3 Å². The molecule has 4 unspecified atom stereocenters. The Bertz CT molecular complexity index is 1730. The number of nitrogens with one attached hydrogen (secondary N) is 3. The number of carbonyl (C=O) groups is 3. The number of anilines is 1. The van der Waals surface area contributed by atoms with E-state index in [0.717, 1.165) is 44.0 Å². The van der Waals surface area contributed by atoms with E-state index in [2.05, 4.69) is 22.9 Å². The Hall–Kier alpha value is -4.68. The summed E-state index contributed by atoms with van der Waals surface area (Å²) in [7, 11) is 0. The fourth-order valence-corrected chi connectivity index (χ4v) is 6.70. The number of amides is 3. The van der Waals surface area contributed by atoms with Gasteiger partial charge < -0.3 is 35.3 Å². The highest BCUT2D eigenvalue weighted by molar-refractivity contribution is 7.99. The highest BCUT2D eigenvalue weighted by Gasteiger charge is 2.38. The number of hydrogen-bond donors (Lipinski definition) is 4. The van der Waals surface area contributed by atoms with Crippen LogP contribution < -0.4 is 16.0 Å². The number of carbonyl (C=O) groups excluding carboxylic acids is 3. The van der Waals surface area contributed by atoms with Crippen molar-refractivity contribution in [3.63, 3.8) is 0 Å². The number of urea groups is 1. The highest BCUT2D eigenvalue weighted by atomic mass is 32.2. The number of thioether (sulfide) groups is 1. The number of benzene rings is 4. The molecule has 50 heavy (non-hydrogen) atoms. The van der Waals surface area contributed by atoms with Crippen molar-refractivity contribution < 1.29 is 33.7 Å². The average Bonchev–Trinajstić information content (AvgIpc) is 3.13. The summed E-state index contributed by atoms with van der Waals surface area (Å²) < 4.78 is 18.1. The molecule has 262 valence electrons. The zero-order valence-electron chi connectivity index (χ0n) is 28.4. The summed E-state index contributed by atoms with van der Waals surface area (Å²) in [4.78, 5) is 36.1. The van der Waals surface area contributed by atoms with Crippen molar-refractivity contribution in [2.75, 3.05) is 24.2 Å². The molecule has 11 heteroatoms. The molecule has 0 saturated carbocycles. The monoisotopic (exact) mass is 697 g/mol. The van der Waals surface area contributed by atoms with Crippen molar-refractivity contribution in [1.29, 1.82) is 0 Å². The minimum Gasteiger partial charge on any atom is -0.465 e. The van der Waals surface area contributed by atoms with E-state index in [9.17, 15) is 19.5 Å². The third-order valence-electron chi connectivity index (χ3n) is 8.31. The zero-order chi connectivity index (χ0) is 35.5. The van der Waals surface area contributed by atoms with Crippen LogP contribution >= 0.6 is 11.8 Å². The van der Waals surface area contributed by atoms with Crippen LogP contribution in [0.2, 0.25) is 0 Å². The largest absolute Gasteiger partial charge is 0.465 e. The molecule has 1 fully saturated rings. The van der Waals surface area contributed by atoms with Crippen molar-refractivity contribution in [3.8, 4) is 11.1 Å². The van der Waals surface area contributed by atoms with E-state index in [1.165, 1.54) is 6.92 Å². The van der Waals surface area contributed by atoms with Crippen LogP contribution in [0.4, 0.5) is 10.5 Å². The van der Waals surface area contributed by atoms with Gasteiger partial charge in [0, 0.05) is 41.3 Å². The maximum atomic E-state index is 12.1. The number of hydrogen-bond acceptors (Lipinski definition) is 8. The third kappa shape index (κ3) is 10.2. The first-order valence-corrected chi connectivity index (χ1v) is 17.6. The highest BCUT2D eigenvalue weighted by Crippen LogP contribution is 2.43. The van der Waals surface area contributed by atoms with Gasteiger partial charge in [0.1, 0.15) is 6.54 Å². The smallest absolute Gasteiger partial charge is 0.325 e. The second kappa shape index (κ2) is 17.8. The Labute approximate surface area is 296 Å². The Morgan fingerprint density at radius 1 is 0.840 bits per heavy atom. The molecule has 4 aromatic rings. The summed E-state index contributed by atoms with van der Waals surface area (Å²) in [6.45, 7) is 5.68. The van der Waals surface area contributed by atoms with E-state index in [-0.39, 0.29) is 43.8 Å². The molecule has 4 N–H and O–H groups in total. The standard InChI is InChI=1S/C39H43N3O7S/c1-4-47-36(45)22-41-39(46)40-21-28-6-5-7-32(20-28)29-12-14-31(15-13-29)38-48-35(24-50-34-18-16-33(17-19-34)42-26(3)44)25(2)37(49-38)30-10-8-27(23-43)9-11-30/h5-20,25,35,37-38,43H,4,21-24H2,1-3H3,(H,42,44)(H2,40,41,46). The molecule has 1 aliphatic heterocycles. The van der Waals surface area contributed by atoms with Crippen LogP contribution in [0.25, 0.3) is 11.1 Å². The predicted octanol–water partition coefficient (Wildman–Crippen LogP) is 6.75. The second-order valence-electron chi connectivity index (χ2n) is 12.0. The van der Waals surface area contributed by atoms with Crippen molar-refractivity contribution in [1.82, 2.24) is 10.6 Å². The van der Waals surface area contributed by atoms with Crippen LogP contribution in [0.1, 0.15) is 55.4 Å². The molecular formula is C39H43N3O7S. The van der Waals surface area contributed by atoms with Crippen molar-refractivity contribution in [2.24, 2.45) is 5.92 Å². The average molecular weight is 698 g/mol. The van der Waals surface area contributed by atoms with E-state index in [1.54, 1.807) is 18.7 Å². The molecule has 10 nitrogen and oxygen atoms in total. The lowest BCUT2D eigenvalue weighted by atomic mass is 9.91. The van der Waals surface area contributed by atoms with Gasteiger partial charge >= 0.3 is 12.0 Å². The number of aliphatic hydroxyl groups excluding tert-OH is 1. The molecule has 0 bridgehead atoms. The molecule has 0 aromatic heterocycles. The molecule has 4 atom stereocenters. The van der Waals surface area contributed by atoms with Gasteiger partial charge in [0.25, 0.3) is 0 Å². The van der Waals surface area contributed by atoms with Gasteiger partial charge in [0.2, 0.25) is 5.91 Å². The molecule has 0 aliphatic carbocycles. The van der Waals surface area contributed by atoms with E-state index in [4.69, 9.17) is 14.2 Å². The molecule has 0 spiro atoms. The molecule has 3 amide bonds. The Morgan fingerprint density at radius 2 is 1.56 bits per heavy atom. The summed E-state index contributed by atoms with van der Waals surface area (Å²) in [5.74, 6) is 0.148. The first-order chi connectivity index (χ1) is 24.2. The number of aliphatic hydroxyl groups is 1. The normalized spacial score (nSPS) is 18.6. The van der Waals surface area contributed by atoms with Gasteiger partial charge in [-0.2, -0.15) is 0 Å². The van der Waals surface area contributed by atoms with Crippen LogP contribution in [-0.2, 0) is 37.0 Å². The minimum absolute atomic E-state index is 0.0225. The fourth-order valence-electron chi connectivity index (χ4n) is 5.63. The van der Waals surface area contributed by atoms with Gasteiger partial charge in [-0.15, -0.1) is 11.8 Å². The van der Waals surface area contributed by atoms with Gasteiger partial charge in [-0.25, -0.2) is 4.79 Å². The third-order valence-corrected chi connectivity index (χ3v) is 9.41. The molecule has 4 aromatic carbocycles. The van der Waals surface area contributed by atoms with Crippen LogP contribution in [0.5, 0.6) is 0 Å². The Balaban J connectivity index is 1.27. The number of ether oxygens (including phenoxy) is 3. The Morgan fingerprint density at radius 3 is 2.24 bits per heavy atom. The van der Waals surface area contributed by atoms with Crippen LogP contribution in [0, 0.1) is 5.92 Å². The van der Waals surface area contributed by atoms with Crippen LogP contribution in [0.15, 0.2) is 102 Å². The molecule has 1 heterocycles. The molecule has 0 radical (unpaired) electrons. The first kappa shape index (κ1) is 36.6. The summed E-state index contributed by atoms with van der Waals surface area (Å²) in [5.41, 5.74) is 6.40. The fraction of sp³-hybridized carbons (Fsp3) is 0.308. The quantitative estimate of drug-likeness (QED) is 0.0891. The summed E-state index contributed by atoms with van der Waals surface area (Å²) in [6.07, 6.45) is -0.957. The maximum Gasteiger partial charge on any atom is 0.325 e. The zero-order valence-corrected chi connectivity index (χ0v) is 29.2. The summed E-state index contributed by atoms with van der Waals surface area (Å²) >= 11 is 1.69. The van der Waals surface area contributed by atoms with Gasteiger partial charge in [-0.1, -0.05) is 73.7 Å². The van der Waals surface area contributed by atoms with Gasteiger partial charge in [0.15, 0.2) is 6.29 Å². The maximum absolute atomic E-state index is 12.1. The van der Waals surface area contributed by atoms with Crippen LogP contribution in [-0.4, -0.2) is 48.0 Å².